The number of hydrogen-bond donors (Lipinski definition) is 2. The van der Waals surface area contributed by atoms with Crippen molar-refractivity contribution in [2.45, 2.75) is 40.7 Å². The Morgan fingerprint density at radius 2 is 2.05 bits per heavy atom. The zero-order chi connectivity index (χ0) is 15.7. The van der Waals surface area contributed by atoms with Crippen LogP contribution in [0.25, 0.3) is 0 Å². The van der Waals surface area contributed by atoms with Crippen molar-refractivity contribution in [3.8, 4) is 11.8 Å². The molecule has 1 saturated carbocycles. The first-order valence-electron chi connectivity index (χ1n) is 7.26. The lowest BCUT2D eigenvalue weighted by Crippen LogP contribution is -2.26. The molecule has 1 fully saturated rings. The van der Waals surface area contributed by atoms with Crippen LogP contribution in [0.15, 0.2) is 11.4 Å². The number of rotatable bonds is 4. The number of carbonyl (C=O) groups is 1. The molecule has 0 aliphatic heterocycles. The highest BCUT2D eigenvalue weighted by molar-refractivity contribution is 7.10. The highest BCUT2D eigenvalue weighted by Crippen LogP contribution is 2.68. The molecular formula is C17H23NO2S. The molecule has 0 unspecified atom stereocenters. The van der Waals surface area contributed by atoms with Gasteiger partial charge in [-0.3, -0.25) is 4.79 Å². The monoisotopic (exact) mass is 305 g/mol. The number of thiophene rings is 1. The minimum Gasteiger partial charge on any atom is -0.395 e. The molecule has 0 saturated heterocycles. The summed E-state index contributed by atoms with van der Waals surface area (Å²) in [5, 5.41) is 13.8. The Labute approximate surface area is 130 Å². The van der Waals surface area contributed by atoms with E-state index in [9.17, 15) is 4.79 Å². The van der Waals surface area contributed by atoms with E-state index >= 15 is 0 Å². The van der Waals surface area contributed by atoms with Crippen molar-refractivity contribution in [1.29, 1.82) is 0 Å². The fourth-order valence-corrected chi connectivity index (χ4v) is 3.69. The van der Waals surface area contributed by atoms with Crippen molar-refractivity contribution in [2.75, 3.05) is 6.61 Å². The maximum Gasteiger partial charge on any atom is 0.224 e. The third-order valence-electron chi connectivity index (χ3n) is 4.91. The van der Waals surface area contributed by atoms with Gasteiger partial charge in [0.25, 0.3) is 0 Å². The molecule has 2 N–H and O–H groups in total. The number of amides is 1. The van der Waals surface area contributed by atoms with Crippen LogP contribution in [-0.4, -0.2) is 17.6 Å². The van der Waals surface area contributed by atoms with E-state index in [1.54, 1.807) is 11.3 Å². The van der Waals surface area contributed by atoms with Crippen molar-refractivity contribution in [1.82, 2.24) is 5.32 Å². The molecule has 0 bridgehead atoms. The summed E-state index contributed by atoms with van der Waals surface area (Å²) in [7, 11) is 0. The largest absolute Gasteiger partial charge is 0.395 e. The second-order valence-electron chi connectivity index (χ2n) is 6.63. The molecule has 0 radical (unpaired) electrons. The average molecular weight is 305 g/mol. The molecule has 4 heteroatoms. The van der Waals surface area contributed by atoms with Crippen LogP contribution in [0.5, 0.6) is 0 Å². The Balaban J connectivity index is 1.95. The second kappa shape index (κ2) is 5.82. The van der Waals surface area contributed by atoms with Crippen molar-refractivity contribution in [3.63, 3.8) is 0 Å². The number of carbonyl (C=O) groups excluding carboxylic acids is 1. The normalized spacial score (nSPS) is 18.7. The minimum absolute atomic E-state index is 0.0658. The van der Waals surface area contributed by atoms with Crippen LogP contribution in [-0.2, 0) is 11.3 Å². The molecule has 1 amide bonds. The number of aliphatic hydroxyl groups excluding tert-OH is 1. The smallest absolute Gasteiger partial charge is 0.224 e. The van der Waals surface area contributed by atoms with E-state index in [0.717, 1.165) is 10.4 Å². The first-order valence-corrected chi connectivity index (χ1v) is 8.14. The second-order valence-corrected chi connectivity index (χ2v) is 7.63. The SMILES string of the molecule is CC1(C)C(C(=O)NCc2sccc2C#CCCO)C1(C)C. The van der Waals surface area contributed by atoms with Gasteiger partial charge in [0.15, 0.2) is 0 Å². The molecule has 1 aromatic heterocycles. The Morgan fingerprint density at radius 1 is 1.38 bits per heavy atom. The summed E-state index contributed by atoms with van der Waals surface area (Å²) >= 11 is 1.60. The Bertz CT molecular complexity index is 575. The average Bonchev–Trinajstić information content (AvgIpc) is 2.74. The molecule has 114 valence electrons. The minimum atomic E-state index is 0.0658. The van der Waals surface area contributed by atoms with E-state index in [0.29, 0.717) is 13.0 Å². The van der Waals surface area contributed by atoms with Crippen LogP contribution in [0.1, 0.15) is 44.6 Å². The Morgan fingerprint density at radius 3 is 2.62 bits per heavy atom. The van der Waals surface area contributed by atoms with Gasteiger partial charge in [0, 0.05) is 22.8 Å². The fourth-order valence-electron chi connectivity index (χ4n) is 2.92. The maximum absolute atomic E-state index is 12.3. The standard InChI is InChI=1S/C17H23NO2S/c1-16(2)14(17(16,3)4)15(20)18-11-13-12(8-10-21-13)7-5-6-9-19/h8,10,14,19H,6,9,11H2,1-4H3,(H,18,20). The predicted octanol–water partition coefficient (Wildman–Crippen LogP) is 2.78. The van der Waals surface area contributed by atoms with Crippen LogP contribution >= 0.6 is 11.3 Å². The summed E-state index contributed by atoms with van der Waals surface area (Å²) in [4.78, 5) is 13.4. The molecule has 0 aromatic carbocycles. The molecule has 1 aromatic rings. The van der Waals surface area contributed by atoms with E-state index in [-0.39, 0.29) is 29.3 Å². The zero-order valence-electron chi connectivity index (χ0n) is 13.1. The van der Waals surface area contributed by atoms with Crippen LogP contribution in [0.4, 0.5) is 0 Å². The third kappa shape index (κ3) is 3.00. The highest BCUT2D eigenvalue weighted by Gasteiger charge is 2.68. The summed E-state index contributed by atoms with van der Waals surface area (Å²) in [6.45, 7) is 9.20. The molecule has 0 spiro atoms. The lowest BCUT2D eigenvalue weighted by molar-refractivity contribution is -0.123. The van der Waals surface area contributed by atoms with Gasteiger partial charge in [-0.05, 0) is 22.3 Å². The van der Waals surface area contributed by atoms with Crippen molar-refractivity contribution in [3.05, 3.63) is 21.9 Å². The molecule has 1 aliphatic carbocycles. The number of nitrogens with one attached hydrogen (secondary N) is 1. The molecule has 21 heavy (non-hydrogen) atoms. The van der Waals surface area contributed by atoms with Gasteiger partial charge < -0.3 is 10.4 Å². The van der Waals surface area contributed by atoms with Gasteiger partial charge in [-0.1, -0.05) is 39.5 Å². The van der Waals surface area contributed by atoms with Crippen LogP contribution in [0, 0.1) is 28.6 Å². The van der Waals surface area contributed by atoms with Crippen LogP contribution in [0.2, 0.25) is 0 Å². The van der Waals surface area contributed by atoms with E-state index in [1.807, 2.05) is 11.4 Å². The number of hydrogen-bond acceptors (Lipinski definition) is 3. The molecule has 3 nitrogen and oxygen atoms in total. The van der Waals surface area contributed by atoms with Gasteiger partial charge >= 0.3 is 0 Å². The van der Waals surface area contributed by atoms with Crippen molar-refractivity contribution in [2.24, 2.45) is 16.7 Å². The van der Waals surface area contributed by atoms with Crippen molar-refractivity contribution >= 4 is 17.2 Å². The molecular weight excluding hydrogens is 282 g/mol. The quantitative estimate of drug-likeness (QED) is 0.840. The fraction of sp³-hybridized carbons (Fsp3) is 0.588. The molecule has 1 aliphatic rings. The summed E-state index contributed by atoms with van der Waals surface area (Å²) in [6, 6.07) is 1.96. The van der Waals surface area contributed by atoms with Gasteiger partial charge in [0.05, 0.1) is 13.2 Å². The topological polar surface area (TPSA) is 49.3 Å². The van der Waals surface area contributed by atoms with Crippen LogP contribution < -0.4 is 5.32 Å². The Hall–Kier alpha value is -1.31. The highest BCUT2D eigenvalue weighted by atomic mass is 32.1. The first-order chi connectivity index (χ1) is 9.82. The van der Waals surface area contributed by atoms with Crippen LogP contribution in [0.3, 0.4) is 0 Å². The van der Waals surface area contributed by atoms with Crippen molar-refractivity contribution < 1.29 is 9.90 Å². The van der Waals surface area contributed by atoms with Gasteiger partial charge in [0.1, 0.15) is 0 Å². The third-order valence-corrected chi connectivity index (χ3v) is 5.83. The summed E-state index contributed by atoms with van der Waals surface area (Å²) in [5.74, 6) is 6.17. The van der Waals surface area contributed by atoms with E-state index in [2.05, 4.69) is 44.9 Å². The van der Waals surface area contributed by atoms with Gasteiger partial charge in [-0.25, -0.2) is 0 Å². The summed E-state index contributed by atoms with van der Waals surface area (Å²) in [5.41, 5.74) is 1.08. The first kappa shape index (κ1) is 16.1. The molecule has 2 rings (SSSR count). The summed E-state index contributed by atoms with van der Waals surface area (Å²) in [6.07, 6.45) is 0.478. The van der Waals surface area contributed by atoms with Gasteiger partial charge in [-0.2, -0.15) is 0 Å². The summed E-state index contributed by atoms with van der Waals surface area (Å²) < 4.78 is 0. The predicted molar refractivity (Wildman–Crippen MR) is 85.8 cm³/mol. The molecule has 1 heterocycles. The van der Waals surface area contributed by atoms with Gasteiger partial charge in [0.2, 0.25) is 5.91 Å². The number of aliphatic hydroxyl groups is 1. The van der Waals surface area contributed by atoms with E-state index in [4.69, 9.17) is 5.11 Å². The molecule has 0 atom stereocenters. The van der Waals surface area contributed by atoms with E-state index in [1.165, 1.54) is 0 Å². The van der Waals surface area contributed by atoms with Gasteiger partial charge in [-0.15, -0.1) is 11.3 Å². The van der Waals surface area contributed by atoms with E-state index < -0.39 is 0 Å². The lowest BCUT2D eigenvalue weighted by atomic mass is 10.0. The maximum atomic E-state index is 12.3. The zero-order valence-corrected chi connectivity index (χ0v) is 13.9. The lowest BCUT2D eigenvalue weighted by Gasteiger charge is -2.05. The Kier molecular flexibility index (Phi) is 4.46.